The second-order valence-electron chi connectivity index (χ2n) is 2.24. The maximum absolute atomic E-state index is 10.2. The van der Waals surface area contributed by atoms with Gasteiger partial charge < -0.3 is 10.2 Å². The van der Waals surface area contributed by atoms with E-state index < -0.39 is 11.4 Å². The second kappa shape index (κ2) is 1.45. The Hall–Kier alpha value is -0.570. The summed E-state index contributed by atoms with van der Waals surface area (Å²) in [6.45, 7) is -0.206. The van der Waals surface area contributed by atoms with Crippen molar-refractivity contribution in [2.75, 3.05) is 6.61 Å². The number of carboxylic acids is 1. The molecule has 0 heterocycles. The van der Waals surface area contributed by atoms with E-state index in [1.165, 1.54) is 0 Å². The Labute approximate surface area is 46.9 Å². The van der Waals surface area contributed by atoms with Gasteiger partial charge >= 0.3 is 5.97 Å². The summed E-state index contributed by atoms with van der Waals surface area (Å²) in [4.78, 5) is 10.2. The van der Waals surface area contributed by atoms with Crippen LogP contribution in [-0.2, 0) is 4.79 Å². The van der Waals surface area contributed by atoms with Crippen LogP contribution in [-0.4, -0.2) is 22.8 Å². The minimum Gasteiger partial charge on any atom is -0.481 e. The lowest BCUT2D eigenvalue weighted by Gasteiger charge is -2.00. The van der Waals surface area contributed by atoms with Crippen LogP contribution in [0.5, 0.6) is 0 Å². The van der Waals surface area contributed by atoms with Crippen molar-refractivity contribution < 1.29 is 15.0 Å². The fourth-order valence-corrected chi connectivity index (χ4v) is 0.590. The molecule has 0 amide bonds. The van der Waals surface area contributed by atoms with Crippen molar-refractivity contribution >= 4 is 5.97 Å². The Morgan fingerprint density at radius 3 is 2.12 bits per heavy atom. The minimum atomic E-state index is -0.861. The van der Waals surface area contributed by atoms with Gasteiger partial charge in [-0.1, -0.05) is 0 Å². The van der Waals surface area contributed by atoms with Crippen LogP contribution in [0, 0.1) is 5.41 Å². The largest absolute Gasteiger partial charge is 0.481 e. The van der Waals surface area contributed by atoms with Gasteiger partial charge in [0, 0.05) is 0 Å². The third-order valence-electron chi connectivity index (χ3n) is 1.61. The summed E-state index contributed by atoms with van der Waals surface area (Å²) in [6.07, 6.45) is 1.28. The minimum absolute atomic E-state index is 0.206. The van der Waals surface area contributed by atoms with Gasteiger partial charge in [0.2, 0.25) is 0 Å². The van der Waals surface area contributed by atoms with Crippen LogP contribution in [0.15, 0.2) is 0 Å². The molecular formula is C5H8O3. The Balaban J connectivity index is 2.53. The monoisotopic (exact) mass is 116 g/mol. The number of rotatable bonds is 2. The smallest absolute Gasteiger partial charge is 0.311 e. The van der Waals surface area contributed by atoms with Crippen molar-refractivity contribution in [1.82, 2.24) is 0 Å². The normalized spacial score (nSPS) is 22.6. The zero-order valence-electron chi connectivity index (χ0n) is 4.42. The van der Waals surface area contributed by atoms with Crippen LogP contribution in [0.4, 0.5) is 0 Å². The molecule has 8 heavy (non-hydrogen) atoms. The third kappa shape index (κ3) is 0.591. The lowest BCUT2D eigenvalue weighted by Crippen LogP contribution is -2.18. The number of aliphatic carboxylic acids is 1. The third-order valence-corrected chi connectivity index (χ3v) is 1.61. The first kappa shape index (κ1) is 5.56. The van der Waals surface area contributed by atoms with Crippen molar-refractivity contribution in [3.8, 4) is 0 Å². The molecule has 0 saturated heterocycles. The highest BCUT2D eigenvalue weighted by Gasteiger charge is 2.49. The van der Waals surface area contributed by atoms with Crippen molar-refractivity contribution in [3.05, 3.63) is 0 Å². The molecule has 2 N–H and O–H groups in total. The molecule has 1 aliphatic carbocycles. The van der Waals surface area contributed by atoms with E-state index in [9.17, 15) is 4.79 Å². The SMILES string of the molecule is O=C(O)C1(CO)CC1. The molecule has 0 unspecified atom stereocenters. The number of carboxylic acid groups (broad SMARTS) is 1. The van der Waals surface area contributed by atoms with E-state index in [-0.39, 0.29) is 6.61 Å². The maximum atomic E-state index is 10.2. The Morgan fingerprint density at radius 1 is 1.62 bits per heavy atom. The molecule has 0 spiro atoms. The van der Waals surface area contributed by atoms with E-state index >= 15 is 0 Å². The Kier molecular flexibility index (Phi) is 1.01. The molecular weight excluding hydrogens is 108 g/mol. The first-order valence-corrected chi connectivity index (χ1v) is 2.55. The molecule has 1 aliphatic rings. The van der Waals surface area contributed by atoms with Gasteiger partial charge in [0.05, 0.1) is 12.0 Å². The number of aliphatic hydroxyl groups is 1. The molecule has 46 valence electrons. The highest BCUT2D eigenvalue weighted by molar-refractivity contribution is 5.77. The van der Waals surface area contributed by atoms with Crippen molar-refractivity contribution in [2.45, 2.75) is 12.8 Å². The van der Waals surface area contributed by atoms with Crippen molar-refractivity contribution in [1.29, 1.82) is 0 Å². The summed E-state index contributed by atoms with van der Waals surface area (Å²) in [5, 5.41) is 16.8. The molecule has 1 fully saturated rings. The number of carbonyl (C=O) groups is 1. The molecule has 0 radical (unpaired) electrons. The van der Waals surface area contributed by atoms with Gasteiger partial charge in [-0.2, -0.15) is 0 Å². The van der Waals surface area contributed by atoms with E-state index in [4.69, 9.17) is 10.2 Å². The zero-order chi connectivity index (χ0) is 6.20. The molecule has 1 saturated carbocycles. The van der Waals surface area contributed by atoms with Crippen LogP contribution < -0.4 is 0 Å². The van der Waals surface area contributed by atoms with E-state index in [0.717, 1.165) is 0 Å². The van der Waals surface area contributed by atoms with Gasteiger partial charge in [0.1, 0.15) is 0 Å². The van der Waals surface area contributed by atoms with Gasteiger partial charge in [0.15, 0.2) is 0 Å². The molecule has 0 bridgehead atoms. The quantitative estimate of drug-likeness (QED) is 0.527. The first-order valence-electron chi connectivity index (χ1n) is 2.55. The van der Waals surface area contributed by atoms with Gasteiger partial charge in [0.25, 0.3) is 0 Å². The lowest BCUT2D eigenvalue weighted by atomic mass is 10.1. The molecule has 0 aromatic carbocycles. The fourth-order valence-electron chi connectivity index (χ4n) is 0.590. The van der Waals surface area contributed by atoms with Crippen LogP contribution in [0.25, 0.3) is 0 Å². The highest BCUT2D eigenvalue weighted by Crippen LogP contribution is 2.44. The predicted molar refractivity (Wildman–Crippen MR) is 26.4 cm³/mol. The van der Waals surface area contributed by atoms with Crippen LogP contribution >= 0.6 is 0 Å². The summed E-state index contributed by atoms with van der Waals surface area (Å²) in [7, 11) is 0. The van der Waals surface area contributed by atoms with Gasteiger partial charge in [-0.25, -0.2) is 0 Å². The average molecular weight is 116 g/mol. The highest BCUT2D eigenvalue weighted by atomic mass is 16.4. The number of hydrogen-bond donors (Lipinski definition) is 2. The Bertz CT molecular complexity index is 115. The van der Waals surface area contributed by atoms with Crippen LogP contribution in [0.2, 0.25) is 0 Å². The molecule has 0 atom stereocenters. The molecule has 0 aromatic heterocycles. The topological polar surface area (TPSA) is 57.5 Å². The average Bonchev–Trinajstić information content (AvgIpc) is 2.44. The van der Waals surface area contributed by atoms with E-state index in [1.807, 2.05) is 0 Å². The van der Waals surface area contributed by atoms with E-state index in [0.29, 0.717) is 12.8 Å². The molecule has 0 aromatic rings. The number of aliphatic hydroxyl groups excluding tert-OH is 1. The van der Waals surface area contributed by atoms with Crippen LogP contribution in [0.3, 0.4) is 0 Å². The Morgan fingerprint density at radius 2 is 2.12 bits per heavy atom. The molecule has 3 heteroatoms. The zero-order valence-corrected chi connectivity index (χ0v) is 4.42. The van der Waals surface area contributed by atoms with E-state index in [2.05, 4.69) is 0 Å². The molecule has 1 rings (SSSR count). The molecule has 3 nitrogen and oxygen atoms in total. The summed E-state index contributed by atoms with van der Waals surface area (Å²) < 4.78 is 0. The summed E-state index contributed by atoms with van der Waals surface area (Å²) >= 11 is 0. The van der Waals surface area contributed by atoms with Gasteiger partial charge in [-0.3, -0.25) is 4.79 Å². The summed E-state index contributed by atoms with van der Waals surface area (Å²) in [5.74, 6) is -0.861. The number of hydrogen-bond acceptors (Lipinski definition) is 2. The summed E-state index contributed by atoms with van der Waals surface area (Å²) in [6, 6.07) is 0. The van der Waals surface area contributed by atoms with Gasteiger partial charge in [-0.15, -0.1) is 0 Å². The standard InChI is InChI=1S/C5H8O3/c6-3-5(1-2-5)4(7)8/h6H,1-3H2,(H,7,8). The predicted octanol–water partition coefficient (Wildman–Crippen LogP) is -0.157. The van der Waals surface area contributed by atoms with Gasteiger partial charge in [-0.05, 0) is 12.8 Å². The van der Waals surface area contributed by atoms with Crippen molar-refractivity contribution in [2.24, 2.45) is 5.41 Å². The maximum Gasteiger partial charge on any atom is 0.311 e. The van der Waals surface area contributed by atoms with Crippen LogP contribution in [0.1, 0.15) is 12.8 Å². The fraction of sp³-hybridized carbons (Fsp3) is 0.800. The first-order chi connectivity index (χ1) is 3.71. The second-order valence-corrected chi connectivity index (χ2v) is 2.24. The van der Waals surface area contributed by atoms with Crippen molar-refractivity contribution in [3.63, 3.8) is 0 Å². The summed E-state index contributed by atoms with van der Waals surface area (Å²) in [5.41, 5.74) is -0.736. The lowest BCUT2D eigenvalue weighted by molar-refractivity contribution is -0.144. The van der Waals surface area contributed by atoms with E-state index in [1.54, 1.807) is 0 Å². The molecule has 0 aliphatic heterocycles.